The highest BCUT2D eigenvalue weighted by Crippen LogP contribution is 2.40. The Morgan fingerprint density at radius 2 is 2.11 bits per heavy atom. The first-order valence-corrected chi connectivity index (χ1v) is 7.11. The zero-order valence-electron chi connectivity index (χ0n) is 11.4. The Kier molecular flexibility index (Phi) is 3.51. The normalized spacial score (nSPS) is 29.2. The zero-order valence-corrected chi connectivity index (χ0v) is 11.4. The van der Waals surface area contributed by atoms with Gasteiger partial charge in [0.15, 0.2) is 0 Å². The third-order valence-electron chi connectivity index (χ3n) is 4.52. The molecule has 2 fully saturated rings. The molecule has 1 aliphatic carbocycles. The second-order valence-electron chi connectivity index (χ2n) is 5.80. The van der Waals surface area contributed by atoms with Gasteiger partial charge < -0.3 is 10.2 Å². The molecule has 1 N–H and O–H groups in total. The van der Waals surface area contributed by atoms with Crippen LogP contribution in [0.2, 0.25) is 0 Å². The number of carbonyl (C=O) groups is 1. The summed E-state index contributed by atoms with van der Waals surface area (Å²) in [6.45, 7) is 2.62. The average Bonchev–Trinajstić information content (AvgIpc) is 2.68. The van der Waals surface area contributed by atoms with E-state index in [1.165, 1.54) is 12.8 Å². The molecule has 2 aliphatic rings. The van der Waals surface area contributed by atoms with Crippen LogP contribution in [0.15, 0.2) is 24.4 Å². The van der Waals surface area contributed by atoms with Crippen molar-refractivity contribution in [2.75, 3.05) is 20.1 Å². The lowest BCUT2D eigenvalue weighted by molar-refractivity contribution is -0.138. The van der Waals surface area contributed by atoms with Gasteiger partial charge in [0, 0.05) is 19.2 Å². The molecule has 19 heavy (non-hydrogen) atoms. The molecule has 3 rings (SSSR count). The Bertz CT molecular complexity index is 432. The van der Waals surface area contributed by atoms with E-state index in [9.17, 15) is 4.79 Å². The summed E-state index contributed by atoms with van der Waals surface area (Å²) in [4.78, 5) is 18.8. The zero-order chi connectivity index (χ0) is 13.2. The summed E-state index contributed by atoms with van der Waals surface area (Å²) in [5, 5.41) is 3.44. The van der Waals surface area contributed by atoms with E-state index < -0.39 is 0 Å². The minimum absolute atomic E-state index is 0.231. The van der Waals surface area contributed by atoms with Crippen molar-refractivity contribution in [2.45, 2.75) is 19.4 Å². The van der Waals surface area contributed by atoms with Crippen LogP contribution in [0, 0.1) is 17.8 Å². The molecule has 0 spiro atoms. The van der Waals surface area contributed by atoms with Gasteiger partial charge in [0.25, 0.3) is 0 Å². The van der Waals surface area contributed by atoms with Crippen LogP contribution in [-0.2, 0) is 11.3 Å². The van der Waals surface area contributed by atoms with Gasteiger partial charge in [-0.1, -0.05) is 6.07 Å². The van der Waals surface area contributed by atoms with Gasteiger partial charge >= 0.3 is 0 Å². The van der Waals surface area contributed by atoms with Crippen LogP contribution in [0.5, 0.6) is 0 Å². The quantitative estimate of drug-likeness (QED) is 0.889. The Morgan fingerprint density at radius 1 is 1.37 bits per heavy atom. The summed E-state index contributed by atoms with van der Waals surface area (Å²) < 4.78 is 0. The van der Waals surface area contributed by atoms with Crippen molar-refractivity contribution in [1.82, 2.24) is 15.2 Å². The Hall–Kier alpha value is -1.42. The molecule has 1 aliphatic heterocycles. The number of piperidine rings is 1. The second kappa shape index (κ2) is 5.29. The fourth-order valence-corrected chi connectivity index (χ4v) is 3.55. The molecule has 1 amide bonds. The van der Waals surface area contributed by atoms with Gasteiger partial charge in [-0.2, -0.15) is 0 Å². The summed E-state index contributed by atoms with van der Waals surface area (Å²) in [5.41, 5.74) is 0.958. The van der Waals surface area contributed by atoms with Crippen molar-refractivity contribution in [2.24, 2.45) is 17.8 Å². The van der Waals surface area contributed by atoms with E-state index in [0.29, 0.717) is 24.3 Å². The van der Waals surface area contributed by atoms with Gasteiger partial charge in [0.2, 0.25) is 5.91 Å². The van der Waals surface area contributed by atoms with Crippen LogP contribution in [0.25, 0.3) is 0 Å². The minimum atomic E-state index is 0.231. The Balaban J connectivity index is 1.67. The molecule has 2 atom stereocenters. The number of fused-ring (bicyclic) bond motifs is 2. The lowest BCUT2D eigenvalue weighted by Crippen LogP contribution is -2.46. The summed E-state index contributed by atoms with van der Waals surface area (Å²) in [5.74, 6) is 1.62. The molecule has 0 radical (unpaired) electrons. The highest BCUT2D eigenvalue weighted by atomic mass is 16.2. The molecular weight excluding hydrogens is 238 g/mol. The maximum absolute atomic E-state index is 12.6. The van der Waals surface area contributed by atoms with Crippen molar-refractivity contribution < 1.29 is 4.79 Å². The molecule has 102 valence electrons. The van der Waals surface area contributed by atoms with Crippen molar-refractivity contribution in [3.05, 3.63) is 30.1 Å². The number of amides is 1. The smallest absolute Gasteiger partial charge is 0.226 e. The third-order valence-corrected chi connectivity index (χ3v) is 4.52. The molecule has 2 bridgehead atoms. The van der Waals surface area contributed by atoms with Gasteiger partial charge in [-0.3, -0.25) is 9.78 Å². The van der Waals surface area contributed by atoms with Gasteiger partial charge in [0.1, 0.15) is 0 Å². The third kappa shape index (κ3) is 2.50. The van der Waals surface area contributed by atoms with E-state index in [0.717, 1.165) is 18.8 Å². The fraction of sp³-hybridized carbons (Fsp3) is 0.600. The van der Waals surface area contributed by atoms with Crippen LogP contribution < -0.4 is 5.32 Å². The van der Waals surface area contributed by atoms with Crippen molar-refractivity contribution >= 4 is 5.91 Å². The number of nitrogens with one attached hydrogen (secondary N) is 1. The molecule has 1 aromatic rings. The highest BCUT2D eigenvalue weighted by molar-refractivity contribution is 5.79. The minimum Gasteiger partial charge on any atom is -0.340 e. The van der Waals surface area contributed by atoms with E-state index in [1.807, 2.05) is 30.1 Å². The summed E-state index contributed by atoms with van der Waals surface area (Å²) >= 11 is 0. The first kappa shape index (κ1) is 12.6. The number of carbonyl (C=O) groups excluding carboxylic acids is 1. The predicted molar refractivity (Wildman–Crippen MR) is 73.3 cm³/mol. The first-order valence-electron chi connectivity index (χ1n) is 7.11. The number of rotatable bonds is 3. The summed E-state index contributed by atoms with van der Waals surface area (Å²) in [6, 6.07) is 5.84. The molecule has 1 aromatic heterocycles. The van der Waals surface area contributed by atoms with Gasteiger partial charge in [-0.05, 0) is 49.9 Å². The van der Waals surface area contributed by atoms with Crippen molar-refractivity contribution in [3.8, 4) is 0 Å². The van der Waals surface area contributed by atoms with Crippen molar-refractivity contribution in [3.63, 3.8) is 0 Å². The lowest BCUT2D eigenvalue weighted by Gasteiger charge is -2.32. The molecule has 4 heteroatoms. The molecule has 2 heterocycles. The monoisotopic (exact) mass is 259 g/mol. The molecular formula is C15H21N3O. The fourth-order valence-electron chi connectivity index (χ4n) is 3.55. The van der Waals surface area contributed by atoms with Crippen LogP contribution in [0.1, 0.15) is 18.5 Å². The maximum atomic E-state index is 12.6. The lowest BCUT2D eigenvalue weighted by atomic mass is 9.85. The molecule has 0 aromatic carbocycles. The topological polar surface area (TPSA) is 45.2 Å². The van der Waals surface area contributed by atoms with E-state index in [2.05, 4.69) is 10.3 Å². The number of aromatic nitrogens is 1. The SMILES string of the molecule is CN(Cc1ccccn1)C(=O)C1C2CCC1CNC2. The van der Waals surface area contributed by atoms with E-state index >= 15 is 0 Å². The molecule has 4 nitrogen and oxygen atoms in total. The number of hydrogen-bond donors (Lipinski definition) is 1. The van der Waals surface area contributed by atoms with E-state index in [4.69, 9.17) is 0 Å². The second-order valence-corrected chi connectivity index (χ2v) is 5.80. The van der Waals surface area contributed by atoms with E-state index in [1.54, 1.807) is 6.20 Å². The molecule has 1 saturated heterocycles. The number of pyridine rings is 1. The first-order chi connectivity index (χ1) is 9.25. The van der Waals surface area contributed by atoms with Gasteiger partial charge in [-0.15, -0.1) is 0 Å². The largest absolute Gasteiger partial charge is 0.340 e. The Labute approximate surface area is 114 Å². The Morgan fingerprint density at radius 3 is 2.74 bits per heavy atom. The number of hydrogen-bond acceptors (Lipinski definition) is 3. The van der Waals surface area contributed by atoms with Crippen LogP contribution in [0.4, 0.5) is 0 Å². The van der Waals surface area contributed by atoms with E-state index in [-0.39, 0.29) is 5.92 Å². The standard InChI is InChI=1S/C15H21N3O/c1-18(10-13-4-2-3-7-17-13)15(19)14-11-5-6-12(14)9-16-8-11/h2-4,7,11-12,14,16H,5-6,8-10H2,1H3. The maximum Gasteiger partial charge on any atom is 0.226 e. The number of nitrogens with zero attached hydrogens (tertiary/aromatic N) is 2. The highest BCUT2D eigenvalue weighted by Gasteiger charge is 2.44. The molecule has 1 saturated carbocycles. The van der Waals surface area contributed by atoms with Crippen LogP contribution >= 0.6 is 0 Å². The molecule has 2 unspecified atom stereocenters. The van der Waals surface area contributed by atoms with Crippen molar-refractivity contribution in [1.29, 1.82) is 0 Å². The average molecular weight is 259 g/mol. The predicted octanol–water partition coefficient (Wildman–Crippen LogP) is 1.29. The van der Waals surface area contributed by atoms with Gasteiger partial charge in [-0.25, -0.2) is 0 Å². The summed E-state index contributed by atoms with van der Waals surface area (Å²) in [6.07, 6.45) is 4.18. The summed E-state index contributed by atoms with van der Waals surface area (Å²) in [7, 11) is 1.90. The van der Waals surface area contributed by atoms with Gasteiger partial charge in [0.05, 0.1) is 12.2 Å². The van der Waals surface area contributed by atoms with Crippen LogP contribution in [-0.4, -0.2) is 35.9 Å². The van der Waals surface area contributed by atoms with Crippen LogP contribution in [0.3, 0.4) is 0 Å².